The van der Waals surface area contributed by atoms with Crippen LogP contribution in [0.2, 0.25) is 0 Å². The molecule has 3 heterocycles. The highest BCUT2D eigenvalue weighted by atomic mass is 16.3. The number of hydrogen-bond donors (Lipinski definition) is 0. The summed E-state index contributed by atoms with van der Waals surface area (Å²) in [6.07, 6.45) is 0. The van der Waals surface area contributed by atoms with Gasteiger partial charge in [-0.05, 0) is 50.9 Å². The zero-order valence-corrected chi connectivity index (χ0v) is 26.8. The highest BCUT2D eigenvalue weighted by Crippen LogP contribution is 2.45. The minimum Gasteiger partial charge on any atom is -0.454 e. The monoisotopic (exact) mass is 637 g/mol. The summed E-state index contributed by atoms with van der Waals surface area (Å²) in [7, 11) is 0. The smallest absolute Gasteiger partial charge is 0.235 e. The molecule has 3 aromatic heterocycles. The summed E-state index contributed by atoms with van der Waals surface area (Å²) in [5, 5.41) is 10.3. The van der Waals surface area contributed by atoms with Gasteiger partial charge in [-0.1, -0.05) is 146 Å². The maximum Gasteiger partial charge on any atom is 0.235 e. The van der Waals surface area contributed by atoms with Crippen molar-refractivity contribution in [2.45, 2.75) is 0 Å². The summed E-state index contributed by atoms with van der Waals surface area (Å²) in [5.41, 5.74) is 8.92. The van der Waals surface area contributed by atoms with E-state index in [-0.39, 0.29) is 0 Å². The second-order valence-corrected chi connectivity index (χ2v) is 12.9. The molecule has 0 aliphatic rings. The predicted octanol–water partition coefficient (Wildman–Crippen LogP) is 12.3. The van der Waals surface area contributed by atoms with E-state index in [1.165, 1.54) is 32.7 Å². The summed E-state index contributed by atoms with van der Waals surface area (Å²) in [5.74, 6) is 0.611. The summed E-state index contributed by atoms with van der Waals surface area (Å²) in [6, 6.07) is 57.6. The van der Waals surface area contributed by atoms with E-state index in [2.05, 4.69) is 156 Å². The van der Waals surface area contributed by atoms with Crippen LogP contribution < -0.4 is 0 Å². The zero-order chi connectivity index (χ0) is 32.8. The summed E-state index contributed by atoms with van der Waals surface area (Å²) in [6.45, 7) is 0. The van der Waals surface area contributed by atoms with Gasteiger partial charge in [0.2, 0.25) is 5.95 Å². The van der Waals surface area contributed by atoms with Crippen molar-refractivity contribution in [3.8, 4) is 28.3 Å². The molecule has 0 saturated carbocycles. The van der Waals surface area contributed by atoms with E-state index in [1.807, 2.05) is 12.1 Å². The van der Waals surface area contributed by atoms with Crippen LogP contribution in [-0.2, 0) is 0 Å². The minimum absolute atomic E-state index is 0.611. The van der Waals surface area contributed by atoms with Gasteiger partial charge in [-0.3, -0.25) is 4.57 Å². The van der Waals surface area contributed by atoms with Crippen LogP contribution in [0.3, 0.4) is 0 Å². The predicted molar refractivity (Wildman–Crippen MR) is 207 cm³/mol. The third-order valence-electron chi connectivity index (χ3n) is 10.2. The number of para-hydroxylation sites is 3. The Morgan fingerprint density at radius 3 is 1.90 bits per heavy atom. The molecule has 0 aliphatic heterocycles. The third-order valence-corrected chi connectivity index (χ3v) is 10.2. The summed E-state index contributed by atoms with van der Waals surface area (Å²) < 4.78 is 8.99. The van der Waals surface area contributed by atoms with Crippen molar-refractivity contribution in [1.29, 1.82) is 0 Å². The van der Waals surface area contributed by atoms with Crippen molar-refractivity contribution in [3.63, 3.8) is 0 Å². The average molecular weight is 638 g/mol. The van der Waals surface area contributed by atoms with Crippen molar-refractivity contribution in [2.75, 3.05) is 0 Å². The Labute approximate surface area is 286 Å². The first-order valence-electron chi connectivity index (χ1n) is 16.9. The molecule has 0 atom stereocenters. The molecule has 4 nitrogen and oxygen atoms in total. The highest BCUT2D eigenvalue weighted by molar-refractivity contribution is 6.35. The van der Waals surface area contributed by atoms with Gasteiger partial charge in [0.25, 0.3) is 0 Å². The first-order valence-corrected chi connectivity index (χ1v) is 16.9. The lowest BCUT2D eigenvalue weighted by molar-refractivity contribution is 0.671. The molecule has 11 rings (SSSR count). The van der Waals surface area contributed by atoms with Gasteiger partial charge >= 0.3 is 0 Å². The third kappa shape index (κ3) is 3.81. The van der Waals surface area contributed by atoms with E-state index in [0.717, 1.165) is 65.9 Å². The van der Waals surface area contributed by atoms with Gasteiger partial charge in [0.15, 0.2) is 5.58 Å². The number of furan rings is 1. The van der Waals surface area contributed by atoms with Crippen LogP contribution in [0.1, 0.15) is 0 Å². The first kappa shape index (κ1) is 27.2. The number of fused-ring (bicyclic) bond motifs is 12. The topological polar surface area (TPSA) is 43.9 Å². The quantitative estimate of drug-likeness (QED) is 0.194. The second kappa shape index (κ2) is 10.4. The van der Waals surface area contributed by atoms with Crippen molar-refractivity contribution >= 4 is 76.2 Å². The molecule has 4 heteroatoms. The Morgan fingerprint density at radius 1 is 0.440 bits per heavy atom. The lowest BCUT2D eigenvalue weighted by atomic mass is 9.96. The Bertz CT molecular complexity index is 3140. The molecule has 0 saturated heterocycles. The molecule has 0 fully saturated rings. The molecule has 0 spiro atoms. The zero-order valence-electron chi connectivity index (χ0n) is 26.8. The number of aromatic nitrogens is 3. The Morgan fingerprint density at radius 2 is 1.06 bits per heavy atom. The van der Waals surface area contributed by atoms with E-state index in [4.69, 9.17) is 14.4 Å². The van der Waals surface area contributed by atoms with E-state index >= 15 is 0 Å². The van der Waals surface area contributed by atoms with Gasteiger partial charge in [0.05, 0.1) is 16.7 Å². The van der Waals surface area contributed by atoms with E-state index < -0.39 is 0 Å². The van der Waals surface area contributed by atoms with E-state index in [1.54, 1.807) is 0 Å². The molecule has 11 aromatic rings. The Kier molecular flexibility index (Phi) is 5.63. The number of rotatable bonds is 3. The largest absolute Gasteiger partial charge is 0.454 e. The maximum atomic E-state index is 6.78. The van der Waals surface area contributed by atoms with E-state index in [0.29, 0.717) is 5.95 Å². The average Bonchev–Trinajstić information content (AvgIpc) is 3.75. The second-order valence-electron chi connectivity index (χ2n) is 12.9. The fraction of sp³-hybridized carbons (Fsp3) is 0. The van der Waals surface area contributed by atoms with Gasteiger partial charge in [0.1, 0.15) is 11.1 Å². The van der Waals surface area contributed by atoms with E-state index in [9.17, 15) is 0 Å². The molecule has 0 radical (unpaired) electrons. The normalized spacial score (nSPS) is 12.0. The Balaban J connectivity index is 1.21. The van der Waals surface area contributed by atoms with Crippen LogP contribution in [0.4, 0.5) is 0 Å². The summed E-state index contributed by atoms with van der Waals surface area (Å²) >= 11 is 0. The molecule has 0 N–H and O–H groups in total. The summed E-state index contributed by atoms with van der Waals surface area (Å²) in [4.78, 5) is 10.7. The molecule has 50 heavy (non-hydrogen) atoms. The van der Waals surface area contributed by atoms with Crippen LogP contribution in [-0.4, -0.2) is 14.5 Å². The van der Waals surface area contributed by atoms with Gasteiger partial charge in [0, 0.05) is 32.5 Å². The minimum atomic E-state index is 0.611. The molecular weight excluding hydrogens is 611 g/mol. The van der Waals surface area contributed by atoms with Crippen molar-refractivity contribution in [1.82, 2.24) is 14.5 Å². The molecular formula is C46H27N3O. The van der Waals surface area contributed by atoms with Crippen molar-refractivity contribution in [3.05, 3.63) is 164 Å². The SMILES string of the molecule is c1ccc2c(-c3ccc(-c4nc(-n5c6ccccc6c6c7ccccc7c7c8ccccc8oc7c65)nc5ccccc45)cc3)cccc2c1. The molecule has 0 amide bonds. The first-order chi connectivity index (χ1) is 24.8. The fourth-order valence-corrected chi connectivity index (χ4v) is 8.00. The van der Waals surface area contributed by atoms with Gasteiger partial charge < -0.3 is 4.42 Å². The fourth-order valence-electron chi connectivity index (χ4n) is 8.00. The van der Waals surface area contributed by atoms with Gasteiger partial charge in [-0.2, -0.15) is 0 Å². The maximum absolute atomic E-state index is 6.78. The molecule has 0 unspecified atom stereocenters. The number of benzene rings is 8. The number of hydrogen-bond acceptors (Lipinski definition) is 3. The molecule has 8 aromatic carbocycles. The van der Waals surface area contributed by atoms with Crippen molar-refractivity contribution in [2.24, 2.45) is 0 Å². The highest BCUT2D eigenvalue weighted by Gasteiger charge is 2.24. The van der Waals surface area contributed by atoms with Crippen LogP contribution >= 0.6 is 0 Å². The standard InChI is InChI=1S/C46H27N3O/c1-2-14-31-28(12-1)13-11-20-32(31)29-24-26-30(27-25-29)43-35-17-5-8-21-38(35)47-46(48-43)49-39-22-9-6-18-36(39)41-33-15-3-4-16-34(33)42-37-19-7-10-23-40(37)50-45(42)44(41)49/h1-27H. The molecule has 232 valence electrons. The van der Waals surface area contributed by atoms with Crippen LogP contribution in [0.5, 0.6) is 0 Å². The van der Waals surface area contributed by atoms with Crippen LogP contribution in [0, 0.1) is 0 Å². The molecule has 0 aliphatic carbocycles. The Hall–Kier alpha value is -6.78. The van der Waals surface area contributed by atoms with Gasteiger partial charge in [-0.15, -0.1) is 0 Å². The van der Waals surface area contributed by atoms with Crippen LogP contribution in [0.15, 0.2) is 168 Å². The van der Waals surface area contributed by atoms with Gasteiger partial charge in [-0.25, -0.2) is 9.97 Å². The lowest BCUT2D eigenvalue weighted by Gasteiger charge is -2.13. The lowest BCUT2D eigenvalue weighted by Crippen LogP contribution is -2.03. The van der Waals surface area contributed by atoms with Crippen LogP contribution in [0.25, 0.3) is 105 Å². The number of nitrogens with zero attached hydrogens (tertiary/aromatic N) is 3. The van der Waals surface area contributed by atoms with Crippen molar-refractivity contribution < 1.29 is 4.42 Å². The molecule has 0 bridgehead atoms.